The van der Waals surface area contributed by atoms with Crippen LogP contribution in [-0.2, 0) is 11.3 Å². The zero-order valence-electron chi connectivity index (χ0n) is 20.7. The van der Waals surface area contributed by atoms with Crippen LogP contribution in [0.2, 0.25) is 0 Å². The Morgan fingerprint density at radius 2 is 1.86 bits per heavy atom. The maximum Gasteiger partial charge on any atom is 0.255 e. The number of hydrogen-bond acceptors (Lipinski definition) is 5. The molecule has 2 fully saturated rings. The summed E-state index contributed by atoms with van der Waals surface area (Å²) in [5.41, 5.74) is 10.4. The van der Waals surface area contributed by atoms with E-state index in [0.29, 0.717) is 46.7 Å². The van der Waals surface area contributed by atoms with Crippen LogP contribution in [0.4, 0.5) is 17.1 Å². The molecule has 0 radical (unpaired) electrons. The number of nitrogen functional groups attached to an aromatic ring is 1. The molecule has 2 saturated heterocycles. The second kappa shape index (κ2) is 10.8. The summed E-state index contributed by atoms with van der Waals surface area (Å²) in [4.78, 5) is 37.5. The van der Waals surface area contributed by atoms with Gasteiger partial charge in [-0.1, -0.05) is 24.3 Å². The summed E-state index contributed by atoms with van der Waals surface area (Å²) >= 11 is 0. The van der Waals surface area contributed by atoms with E-state index in [1.165, 1.54) is 0 Å². The lowest BCUT2D eigenvalue weighted by Crippen LogP contribution is -2.45. The fourth-order valence-corrected chi connectivity index (χ4v) is 5.18. The van der Waals surface area contributed by atoms with Crippen molar-refractivity contribution in [3.05, 3.63) is 83.3 Å². The highest BCUT2D eigenvalue weighted by atomic mass is 16.2. The Labute approximate surface area is 216 Å². The van der Waals surface area contributed by atoms with Gasteiger partial charge in [0, 0.05) is 50.4 Å². The van der Waals surface area contributed by atoms with Gasteiger partial charge in [-0.3, -0.25) is 19.5 Å². The number of rotatable bonds is 6. The molecule has 8 heteroatoms. The minimum atomic E-state index is -0.254. The lowest BCUT2D eigenvalue weighted by atomic mass is 10.0. The molecule has 3 aromatic rings. The molecule has 3 N–H and O–H groups in total. The first-order valence-electron chi connectivity index (χ1n) is 12.7. The number of aromatic nitrogens is 1. The maximum absolute atomic E-state index is 12.6. The molecule has 0 spiro atoms. The van der Waals surface area contributed by atoms with Gasteiger partial charge >= 0.3 is 0 Å². The molecule has 0 atom stereocenters. The van der Waals surface area contributed by atoms with E-state index in [9.17, 15) is 9.59 Å². The Hall–Kier alpha value is -4.22. The van der Waals surface area contributed by atoms with Crippen LogP contribution in [0.15, 0.2) is 60.8 Å². The van der Waals surface area contributed by atoms with Gasteiger partial charge < -0.3 is 16.0 Å². The zero-order valence-corrected chi connectivity index (χ0v) is 20.7. The molecule has 0 bridgehead atoms. The number of likely N-dealkylation sites (tertiary alicyclic amines) is 2. The number of piperidine rings is 1. The SMILES string of the molecule is [C-]#[N+]c1cc(CN2CCC(N3CCCC3=O)CC2)cnc1-c1ccc(C(=O)Nc2ccccc2N)cc1. The third-order valence-electron chi connectivity index (χ3n) is 7.19. The number of amides is 2. The van der Waals surface area contributed by atoms with Crippen molar-refractivity contribution in [2.24, 2.45) is 0 Å². The van der Waals surface area contributed by atoms with Crippen LogP contribution in [0.5, 0.6) is 0 Å². The molecule has 188 valence electrons. The van der Waals surface area contributed by atoms with Crippen molar-refractivity contribution >= 4 is 28.9 Å². The van der Waals surface area contributed by atoms with Crippen LogP contribution < -0.4 is 11.1 Å². The molecule has 1 aromatic heterocycles. The summed E-state index contributed by atoms with van der Waals surface area (Å²) in [6, 6.07) is 16.5. The van der Waals surface area contributed by atoms with E-state index in [2.05, 4.69) is 24.9 Å². The number of nitrogens with one attached hydrogen (secondary N) is 1. The van der Waals surface area contributed by atoms with E-state index in [0.717, 1.165) is 56.6 Å². The molecule has 2 aliphatic rings. The molecular formula is C29H30N6O2. The molecule has 2 aliphatic heterocycles. The number of carbonyl (C=O) groups excluding carboxylic acids is 2. The van der Waals surface area contributed by atoms with Gasteiger partial charge in [0.25, 0.3) is 5.91 Å². The number of benzene rings is 2. The van der Waals surface area contributed by atoms with Crippen LogP contribution >= 0.6 is 0 Å². The maximum atomic E-state index is 12.6. The van der Waals surface area contributed by atoms with Gasteiger partial charge in [0.1, 0.15) is 0 Å². The van der Waals surface area contributed by atoms with Crippen molar-refractivity contribution in [3.8, 4) is 11.3 Å². The number of carbonyl (C=O) groups is 2. The van der Waals surface area contributed by atoms with Crippen LogP contribution in [0.25, 0.3) is 16.1 Å². The number of nitrogens with zero attached hydrogens (tertiary/aromatic N) is 4. The molecule has 8 nitrogen and oxygen atoms in total. The monoisotopic (exact) mass is 494 g/mol. The Morgan fingerprint density at radius 1 is 1.11 bits per heavy atom. The predicted molar refractivity (Wildman–Crippen MR) is 144 cm³/mol. The summed E-state index contributed by atoms with van der Waals surface area (Å²) < 4.78 is 0. The van der Waals surface area contributed by atoms with Crippen LogP contribution in [0.1, 0.15) is 41.6 Å². The fraction of sp³-hybridized carbons (Fsp3) is 0.310. The standard InChI is InChI=1S/C29H30N6O2/c1-31-26-17-20(19-34-15-12-23(13-16-34)35-14-4-7-27(35)36)18-32-28(26)21-8-10-22(11-9-21)29(37)33-25-6-3-2-5-24(25)30/h2-3,5-6,8-11,17-18,23H,4,7,12-16,19,30H2,(H,33,37). The van der Waals surface area contributed by atoms with E-state index in [-0.39, 0.29) is 5.91 Å². The second-order valence-corrected chi connectivity index (χ2v) is 9.64. The van der Waals surface area contributed by atoms with E-state index in [1.54, 1.807) is 24.3 Å². The van der Waals surface area contributed by atoms with Gasteiger partial charge in [-0.15, -0.1) is 0 Å². The highest BCUT2D eigenvalue weighted by Gasteiger charge is 2.30. The van der Waals surface area contributed by atoms with E-state index in [4.69, 9.17) is 12.3 Å². The lowest BCUT2D eigenvalue weighted by molar-refractivity contribution is -0.130. The quantitative estimate of drug-likeness (QED) is 0.382. The van der Waals surface area contributed by atoms with E-state index < -0.39 is 0 Å². The average molecular weight is 495 g/mol. The largest absolute Gasteiger partial charge is 0.397 e. The number of pyridine rings is 1. The topological polar surface area (TPSA) is 95.9 Å². The second-order valence-electron chi connectivity index (χ2n) is 9.64. The predicted octanol–water partition coefficient (Wildman–Crippen LogP) is 4.72. The van der Waals surface area contributed by atoms with Gasteiger partial charge in [-0.2, -0.15) is 0 Å². The van der Waals surface area contributed by atoms with Crippen molar-refractivity contribution in [2.75, 3.05) is 30.7 Å². The summed E-state index contributed by atoms with van der Waals surface area (Å²) in [7, 11) is 0. The third kappa shape index (κ3) is 5.47. The molecule has 37 heavy (non-hydrogen) atoms. The number of anilines is 2. The lowest BCUT2D eigenvalue weighted by Gasteiger charge is -2.36. The van der Waals surface area contributed by atoms with Gasteiger partial charge in [0.15, 0.2) is 0 Å². The normalized spacial score (nSPS) is 16.5. The summed E-state index contributed by atoms with van der Waals surface area (Å²) in [6.07, 6.45) is 5.48. The summed E-state index contributed by atoms with van der Waals surface area (Å²) in [6.45, 7) is 11.2. The fourth-order valence-electron chi connectivity index (χ4n) is 5.18. The summed E-state index contributed by atoms with van der Waals surface area (Å²) in [5, 5.41) is 2.82. The van der Waals surface area contributed by atoms with Gasteiger partial charge in [0.2, 0.25) is 11.6 Å². The molecule has 0 unspecified atom stereocenters. The van der Waals surface area contributed by atoms with Gasteiger partial charge in [-0.05, 0) is 60.7 Å². The van der Waals surface area contributed by atoms with Crippen molar-refractivity contribution in [2.45, 2.75) is 38.3 Å². The van der Waals surface area contributed by atoms with Crippen LogP contribution in [0.3, 0.4) is 0 Å². The van der Waals surface area contributed by atoms with Crippen LogP contribution in [0, 0.1) is 6.57 Å². The average Bonchev–Trinajstić information content (AvgIpc) is 3.36. The van der Waals surface area contributed by atoms with E-state index in [1.807, 2.05) is 36.5 Å². The zero-order chi connectivity index (χ0) is 25.8. The minimum Gasteiger partial charge on any atom is -0.397 e. The highest BCUT2D eigenvalue weighted by molar-refractivity contribution is 6.06. The molecule has 2 aromatic carbocycles. The number of para-hydroxylation sites is 2. The molecular weight excluding hydrogens is 464 g/mol. The van der Waals surface area contributed by atoms with Crippen molar-refractivity contribution in [1.29, 1.82) is 0 Å². The Bertz CT molecular complexity index is 1340. The molecule has 2 amide bonds. The number of nitrogens with two attached hydrogens (primary N) is 1. The molecule has 5 rings (SSSR count). The number of hydrogen-bond donors (Lipinski definition) is 2. The molecule has 3 heterocycles. The van der Waals surface area contributed by atoms with Crippen molar-refractivity contribution in [3.63, 3.8) is 0 Å². The molecule has 0 saturated carbocycles. The Kier molecular flexibility index (Phi) is 7.15. The van der Waals surface area contributed by atoms with Crippen LogP contribution in [-0.4, -0.2) is 52.3 Å². The minimum absolute atomic E-state index is 0.254. The first-order valence-corrected chi connectivity index (χ1v) is 12.7. The van der Waals surface area contributed by atoms with Crippen molar-refractivity contribution in [1.82, 2.24) is 14.8 Å². The van der Waals surface area contributed by atoms with E-state index >= 15 is 0 Å². The first-order chi connectivity index (χ1) is 18.0. The Morgan fingerprint density at radius 3 is 2.54 bits per heavy atom. The molecule has 0 aliphatic carbocycles. The van der Waals surface area contributed by atoms with Crippen molar-refractivity contribution < 1.29 is 9.59 Å². The first kappa shape index (κ1) is 24.5. The highest BCUT2D eigenvalue weighted by Crippen LogP contribution is 2.30. The van der Waals surface area contributed by atoms with Gasteiger partial charge in [0.05, 0.1) is 23.6 Å². The smallest absolute Gasteiger partial charge is 0.255 e. The third-order valence-corrected chi connectivity index (χ3v) is 7.19. The summed E-state index contributed by atoms with van der Waals surface area (Å²) in [5.74, 6) is 0.0468. The van der Waals surface area contributed by atoms with Gasteiger partial charge in [-0.25, -0.2) is 4.85 Å². The Balaban J connectivity index is 1.22.